The number of rotatable bonds is 16. The molecule has 222 valence electrons. The molecule has 11 heteroatoms. The Labute approximate surface area is 242 Å². The van der Waals surface area contributed by atoms with Crippen molar-refractivity contribution in [3.8, 4) is 11.1 Å². The minimum absolute atomic E-state index is 0.0382. The first-order valence-electron chi connectivity index (χ1n) is 14.0. The molecule has 0 bridgehead atoms. The number of fused-ring (bicyclic) bond motifs is 3. The molecule has 10 nitrogen and oxygen atoms in total. The van der Waals surface area contributed by atoms with Crippen LogP contribution in [0.4, 0.5) is 4.79 Å². The lowest BCUT2D eigenvalue weighted by atomic mass is 9.98. The number of carboxylic acid groups (broad SMARTS) is 1. The van der Waals surface area contributed by atoms with Gasteiger partial charge < -0.3 is 34.3 Å². The largest absolute Gasteiger partial charge is 0.480 e. The summed E-state index contributed by atoms with van der Waals surface area (Å²) in [4.78, 5) is 37.9. The fraction of sp³-hybridized carbons (Fsp3) is 0.500. The molecule has 0 radical (unpaired) electrons. The third kappa shape index (κ3) is 10.2. The Kier molecular flexibility index (Phi) is 12.2. The van der Waals surface area contributed by atoms with Gasteiger partial charge in [0, 0.05) is 12.5 Å². The van der Waals surface area contributed by atoms with Crippen LogP contribution in [0, 0.1) is 0 Å². The van der Waals surface area contributed by atoms with Crippen LogP contribution in [0.1, 0.15) is 37.8 Å². The summed E-state index contributed by atoms with van der Waals surface area (Å²) < 4.78 is 22.5. The van der Waals surface area contributed by atoms with Gasteiger partial charge in [-0.15, -0.1) is 0 Å². The highest BCUT2D eigenvalue weighted by atomic mass is 16.6. The average Bonchev–Trinajstić information content (AvgIpc) is 3.25. The topological polar surface area (TPSA) is 124 Å². The van der Waals surface area contributed by atoms with Crippen molar-refractivity contribution in [3.05, 3.63) is 59.7 Å². The maximum Gasteiger partial charge on any atom is 0.407 e. The van der Waals surface area contributed by atoms with Crippen LogP contribution in [0.15, 0.2) is 48.5 Å². The lowest BCUT2D eigenvalue weighted by Gasteiger charge is -2.27. The van der Waals surface area contributed by atoms with E-state index in [2.05, 4.69) is 17.4 Å². The van der Waals surface area contributed by atoms with Gasteiger partial charge in [-0.05, 0) is 49.3 Å². The van der Waals surface area contributed by atoms with Gasteiger partial charge in [-0.1, -0.05) is 48.5 Å². The number of aliphatic carboxylic acids is 1. The fourth-order valence-corrected chi connectivity index (χ4v) is 4.71. The number of carbonyl (C=O) groups excluding carboxylic acids is 2. The molecule has 0 saturated heterocycles. The second kappa shape index (κ2) is 15.6. The third-order valence-corrected chi connectivity index (χ3v) is 6.54. The highest BCUT2D eigenvalue weighted by Gasteiger charge is 2.29. The van der Waals surface area contributed by atoms with Gasteiger partial charge in [-0.3, -0.25) is 9.59 Å². The molecular formula is C30H41BN2O8. The molecule has 0 spiro atoms. The van der Waals surface area contributed by atoms with E-state index in [-0.39, 0.29) is 50.1 Å². The van der Waals surface area contributed by atoms with Crippen LogP contribution in [0.25, 0.3) is 11.1 Å². The molecule has 2 N–H and O–H groups in total. The van der Waals surface area contributed by atoms with Crippen molar-refractivity contribution in [2.45, 2.75) is 44.7 Å². The minimum Gasteiger partial charge on any atom is -0.480 e. The van der Waals surface area contributed by atoms with Gasteiger partial charge in [0.25, 0.3) is 0 Å². The molecule has 3 rings (SSSR count). The summed E-state index contributed by atoms with van der Waals surface area (Å²) in [6, 6.07) is 15.4. The number of nitrogens with one attached hydrogen (secondary N) is 1. The Bertz CT molecular complexity index is 1120. The molecule has 1 aliphatic rings. The number of hydrogen-bond acceptors (Lipinski definition) is 7. The summed E-state index contributed by atoms with van der Waals surface area (Å²) in [6.45, 7) is 7.00. The SMILES string of the molecule is BCC(=O)N(CC(=O)O)C[C@@H](COCCOCCOC(C)(C)C)NC(=O)OCC1c2ccccc2-c2ccccc21. The van der Waals surface area contributed by atoms with Crippen molar-refractivity contribution >= 4 is 25.8 Å². The van der Waals surface area contributed by atoms with Crippen molar-refractivity contribution in [2.75, 3.05) is 52.7 Å². The van der Waals surface area contributed by atoms with E-state index in [1.54, 1.807) is 7.85 Å². The monoisotopic (exact) mass is 568 g/mol. The molecule has 0 aliphatic heterocycles. The van der Waals surface area contributed by atoms with Gasteiger partial charge in [0.05, 0.1) is 44.7 Å². The minimum atomic E-state index is -1.14. The van der Waals surface area contributed by atoms with E-state index in [0.29, 0.717) is 19.8 Å². The highest BCUT2D eigenvalue weighted by molar-refractivity contribution is 6.19. The van der Waals surface area contributed by atoms with Crippen LogP contribution in [-0.2, 0) is 28.5 Å². The number of carboxylic acids is 1. The maximum atomic E-state index is 12.9. The normalized spacial score (nSPS) is 13.2. The molecule has 0 aromatic heterocycles. The first-order chi connectivity index (χ1) is 19.6. The number of carbonyl (C=O) groups is 3. The summed E-state index contributed by atoms with van der Waals surface area (Å²) in [5.74, 6) is -1.58. The lowest BCUT2D eigenvalue weighted by Crippen LogP contribution is -2.49. The van der Waals surface area contributed by atoms with Crippen molar-refractivity contribution < 1.29 is 38.4 Å². The van der Waals surface area contributed by atoms with Crippen LogP contribution in [0.3, 0.4) is 0 Å². The molecule has 2 aromatic carbocycles. The molecule has 1 aliphatic carbocycles. The van der Waals surface area contributed by atoms with Crippen molar-refractivity contribution in [2.24, 2.45) is 0 Å². The summed E-state index contributed by atoms with van der Waals surface area (Å²) in [5, 5.41) is 12.1. The van der Waals surface area contributed by atoms with E-state index in [4.69, 9.17) is 18.9 Å². The summed E-state index contributed by atoms with van der Waals surface area (Å²) in [5.41, 5.74) is 4.19. The van der Waals surface area contributed by atoms with Crippen molar-refractivity contribution in [1.29, 1.82) is 0 Å². The number of ether oxygens (including phenoxy) is 4. The number of hydrogen-bond donors (Lipinski definition) is 2. The quantitative estimate of drug-likeness (QED) is 0.234. The van der Waals surface area contributed by atoms with E-state index >= 15 is 0 Å². The Balaban J connectivity index is 1.57. The van der Waals surface area contributed by atoms with Crippen molar-refractivity contribution in [3.63, 3.8) is 0 Å². The molecule has 0 unspecified atom stereocenters. The molecule has 2 amide bonds. The average molecular weight is 568 g/mol. The smallest absolute Gasteiger partial charge is 0.407 e. The molecule has 1 atom stereocenters. The van der Waals surface area contributed by atoms with Crippen LogP contribution in [-0.4, -0.2) is 100 Å². The Hall–Kier alpha value is -3.41. The lowest BCUT2D eigenvalue weighted by molar-refractivity contribution is -0.144. The van der Waals surface area contributed by atoms with Crippen molar-refractivity contribution in [1.82, 2.24) is 10.2 Å². The first-order valence-corrected chi connectivity index (χ1v) is 14.0. The number of benzene rings is 2. The highest BCUT2D eigenvalue weighted by Crippen LogP contribution is 2.44. The van der Waals surface area contributed by atoms with E-state index in [1.165, 1.54) is 4.90 Å². The molecule has 41 heavy (non-hydrogen) atoms. The second-order valence-corrected chi connectivity index (χ2v) is 10.8. The zero-order valence-corrected chi connectivity index (χ0v) is 24.4. The zero-order valence-electron chi connectivity index (χ0n) is 24.4. The van der Waals surface area contributed by atoms with Crippen LogP contribution < -0.4 is 5.32 Å². The first kappa shape index (κ1) is 32.1. The second-order valence-electron chi connectivity index (χ2n) is 10.8. The Morgan fingerprint density at radius 3 is 2.12 bits per heavy atom. The number of alkyl carbamates (subject to hydrolysis) is 1. The predicted octanol–water partition coefficient (Wildman–Crippen LogP) is 2.71. The van der Waals surface area contributed by atoms with Gasteiger partial charge in [-0.25, -0.2) is 4.79 Å². The molecule has 2 aromatic rings. The third-order valence-electron chi connectivity index (χ3n) is 6.54. The van der Waals surface area contributed by atoms with Gasteiger partial charge in [0.15, 0.2) is 0 Å². The standard InChI is InChI=1S/C30H41BN2O8/c1-30(2,3)41-15-14-38-12-13-39-19-21(17-33(18-28(35)36)27(34)16-31)32-29(37)40-20-26-24-10-6-4-8-22(24)23-9-5-7-11-25(23)26/h4-11,21,26H,12-20,31H2,1-3H3,(H,32,37)(H,35,36)/t21-/m0/s1. The van der Waals surface area contributed by atoms with E-state index in [1.807, 2.05) is 57.2 Å². The summed E-state index contributed by atoms with van der Waals surface area (Å²) in [6.07, 6.45) is -0.536. The maximum absolute atomic E-state index is 12.9. The summed E-state index contributed by atoms with van der Waals surface area (Å²) in [7, 11) is 1.66. The van der Waals surface area contributed by atoms with Crippen LogP contribution in [0.2, 0.25) is 6.32 Å². The predicted molar refractivity (Wildman–Crippen MR) is 157 cm³/mol. The van der Waals surface area contributed by atoms with E-state index in [9.17, 15) is 19.5 Å². The van der Waals surface area contributed by atoms with Gasteiger partial charge in [-0.2, -0.15) is 0 Å². The van der Waals surface area contributed by atoms with E-state index in [0.717, 1.165) is 22.3 Å². The van der Waals surface area contributed by atoms with Crippen LogP contribution >= 0.6 is 0 Å². The van der Waals surface area contributed by atoms with Gasteiger partial charge in [0.1, 0.15) is 21.0 Å². The number of nitrogens with zero attached hydrogens (tertiary/aromatic N) is 1. The molecule has 0 heterocycles. The number of amides is 2. The molecule has 0 fully saturated rings. The Morgan fingerprint density at radius 2 is 1.54 bits per heavy atom. The molecular weight excluding hydrogens is 527 g/mol. The van der Waals surface area contributed by atoms with Gasteiger partial charge in [0.2, 0.25) is 5.91 Å². The van der Waals surface area contributed by atoms with Gasteiger partial charge >= 0.3 is 12.1 Å². The Morgan fingerprint density at radius 1 is 0.951 bits per heavy atom. The summed E-state index contributed by atoms with van der Waals surface area (Å²) >= 11 is 0. The van der Waals surface area contributed by atoms with E-state index < -0.39 is 24.6 Å². The fourth-order valence-electron chi connectivity index (χ4n) is 4.71. The van der Waals surface area contributed by atoms with Crippen LogP contribution in [0.5, 0.6) is 0 Å². The molecule has 0 saturated carbocycles. The zero-order chi connectivity index (χ0) is 29.8.